The average molecular weight is 727 g/mol. The Balaban J connectivity index is 1.55. The van der Waals surface area contributed by atoms with Crippen molar-refractivity contribution in [3.8, 4) is 0 Å². The maximum Gasteiger partial charge on any atom is 0.338 e. The van der Waals surface area contributed by atoms with Gasteiger partial charge in [-0.05, 0) is 42.0 Å². The maximum atomic E-state index is 13.6. The van der Waals surface area contributed by atoms with Crippen molar-refractivity contribution >= 4 is 58.6 Å². The minimum absolute atomic E-state index is 0.135. The van der Waals surface area contributed by atoms with Crippen LogP contribution in [0, 0.1) is 5.41 Å². The summed E-state index contributed by atoms with van der Waals surface area (Å²) in [6.07, 6.45) is -7.61. The Morgan fingerprint density at radius 2 is 1.00 bits per heavy atom. The minimum atomic E-state index is -2.34. The number of esters is 3. The highest BCUT2D eigenvalue weighted by atomic mass is 35.6. The molecule has 49 heavy (non-hydrogen) atoms. The third kappa shape index (κ3) is 9.81. The molecule has 0 aliphatic carbocycles. The summed E-state index contributed by atoms with van der Waals surface area (Å²) in [6.45, 7) is -0.0994. The fourth-order valence-corrected chi connectivity index (χ4v) is 4.99. The Bertz CT molecular complexity index is 1710. The van der Waals surface area contributed by atoms with Crippen molar-refractivity contribution in [2.45, 2.75) is 41.1 Å². The fraction of sp³-hybridized carbons (Fsp3) is 0.222. The van der Waals surface area contributed by atoms with Gasteiger partial charge in [-0.25, -0.2) is 14.4 Å². The largest absolute Gasteiger partial charge is 0.452 e. The van der Waals surface area contributed by atoms with Gasteiger partial charge in [-0.1, -0.05) is 120 Å². The van der Waals surface area contributed by atoms with Crippen molar-refractivity contribution in [2.75, 3.05) is 6.61 Å². The van der Waals surface area contributed by atoms with Gasteiger partial charge in [0, 0.05) is 0 Å². The maximum absolute atomic E-state index is 13.6. The zero-order valence-electron chi connectivity index (χ0n) is 25.7. The van der Waals surface area contributed by atoms with Crippen LogP contribution in [0.4, 0.5) is 0 Å². The van der Waals surface area contributed by atoms with E-state index >= 15 is 0 Å². The van der Waals surface area contributed by atoms with Crippen LogP contribution in [0.25, 0.3) is 0 Å². The Morgan fingerprint density at radius 1 is 0.592 bits per heavy atom. The van der Waals surface area contributed by atoms with Crippen LogP contribution < -0.4 is 0 Å². The lowest BCUT2D eigenvalue weighted by Crippen LogP contribution is -2.63. The van der Waals surface area contributed by atoms with Crippen LogP contribution in [0.5, 0.6) is 0 Å². The predicted octanol–water partition coefficient (Wildman–Crippen LogP) is 6.97. The highest BCUT2D eigenvalue weighted by molar-refractivity contribution is 6.76. The molecule has 254 valence electrons. The molecule has 0 spiro atoms. The number of ether oxygens (including phenoxy) is 6. The molecular formula is C36H30Cl3NO9. The zero-order valence-corrected chi connectivity index (χ0v) is 27.9. The smallest absolute Gasteiger partial charge is 0.338 e. The lowest BCUT2D eigenvalue weighted by molar-refractivity contribution is -0.282. The van der Waals surface area contributed by atoms with E-state index in [-0.39, 0.29) is 29.9 Å². The molecular weight excluding hydrogens is 697 g/mol. The monoisotopic (exact) mass is 725 g/mol. The summed E-state index contributed by atoms with van der Waals surface area (Å²) >= 11 is 17.8. The molecule has 1 aliphatic rings. The topological polar surface area (TPSA) is 130 Å². The molecule has 5 unspecified atom stereocenters. The van der Waals surface area contributed by atoms with Gasteiger partial charge >= 0.3 is 17.9 Å². The molecule has 0 amide bonds. The van der Waals surface area contributed by atoms with E-state index in [1.807, 2.05) is 30.3 Å². The highest BCUT2D eigenvalue weighted by Gasteiger charge is 2.54. The molecule has 0 saturated carbocycles. The minimum Gasteiger partial charge on any atom is -0.452 e. The molecule has 5 atom stereocenters. The SMILES string of the molecule is N=C(OC1OC(COCc2ccccc2)C(OC(=O)c2ccccc2)C(OC(=O)c2ccccc2)C1OC(=O)c1ccccc1)C(Cl)(Cl)Cl. The number of hydrogen-bond acceptors (Lipinski definition) is 10. The van der Waals surface area contributed by atoms with E-state index in [0.29, 0.717) is 0 Å². The van der Waals surface area contributed by atoms with Crippen LogP contribution in [0.2, 0.25) is 0 Å². The summed E-state index contributed by atoms with van der Waals surface area (Å²) in [5, 5.41) is 8.28. The van der Waals surface area contributed by atoms with Crippen LogP contribution >= 0.6 is 34.8 Å². The number of carbonyl (C=O) groups is 3. The van der Waals surface area contributed by atoms with Crippen LogP contribution in [-0.4, -0.2) is 64.9 Å². The Labute approximate surface area is 297 Å². The number of halogens is 3. The molecule has 1 N–H and O–H groups in total. The zero-order chi connectivity index (χ0) is 34.8. The average Bonchev–Trinajstić information content (AvgIpc) is 3.12. The normalized spacial score (nSPS) is 20.4. The van der Waals surface area contributed by atoms with Gasteiger partial charge in [0.15, 0.2) is 12.2 Å². The van der Waals surface area contributed by atoms with Crippen molar-refractivity contribution in [3.63, 3.8) is 0 Å². The quantitative estimate of drug-likeness (QED) is 0.0573. The number of hydrogen-bond donors (Lipinski definition) is 1. The van der Waals surface area contributed by atoms with E-state index in [1.54, 1.807) is 66.7 Å². The van der Waals surface area contributed by atoms with Crippen LogP contribution in [0.1, 0.15) is 36.6 Å². The number of nitrogens with one attached hydrogen (secondary N) is 1. The predicted molar refractivity (Wildman–Crippen MR) is 181 cm³/mol. The molecule has 13 heteroatoms. The molecule has 1 fully saturated rings. The van der Waals surface area contributed by atoms with E-state index in [9.17, 15) is 14.4 Å². The first-order chi connectivity index (χ1) is 23.6. The second-order valence-electron chi connectivity index (χ2n) is 10.7. The van der Waals surface area contributed by atoms with E-state index in [4.69, 9.17) is 68.6 Å². The summed E-state index contributed by atoms with van der Waals surface area (Å²) in [5.41, 5.74) is 1.31. The Kier molecular flexibility index (Phi) is 12.3. The van der Waals surface area contributed by atoms with Gasteiger partial charge in [0.05, 0.1) is 29.9 Å². The number of benzene rings is 4. The standard InChI is InChI=1S/C36H30Cl3NO9/c37-36(38,39)35(40)49-34-30(48-33(43)26-19-11-4-12-20-26)29(47-32(42)25-17-9-3-10-18-25)28(46-31(41)24-15-7-2-8-16-24)27(45-34)22-44-21-23-13-5-1-6-14-23/h1-20,27-30,34,40H,21-22H2. The van der Waals surface area contributed by atoms with Gasteiger partial charge in [-0.2, -0.15) is 0 Å². The van der Waals surface area contributed by atoms with Crippen molar-refractivity contribution < 1.29 is 42.8 Å². The third-order valence-corrected chi connectivity index (χ3v) is 7.75. The molecule has 4 aromatic rings. The first kappa shape index (κ1) is 35.8. The van der Waals surface area contributed by atoms with Gasteiger partial charge in [-0.15, -0.1) is 0 Å². The Hall–Kier alpha value is -4.45. The van der Waals surface area contributed by atoms with Gasteiger partial charge < -0.3 is 28.4 Å². The summed E-state index contributed by atoms with van der Waals surface area (Å²) in [4.78, 5) is 40.6. The number of carbonyl (C=O) groups excluding carboxylic acids is 3. The van der Waals surface area contributed by atoms with Gasteiger partial charge in [0.2, 0.25) is 18.3 Å². The molecule has 4 aromatic carbocycles. The summed E-state index contributed by atoms with van der Waals surface area (Å²) in [6, 6.07) is 33.3. The molecule has 1 heterocycles. The van der Waals surface area contributed by atoms with Crippen molar-refractivity contribution in [1.29, 1.82) is 5.41 Å². The number of alkyl halides is 3. The lowest BCUT2D eigenvalue weighted by atomic mass is 9.97. The van der Waals surface area contributed by atoms with Gasteiger partial charge in [0.25, 0.3) is 3.79 Å². The number of rotatable bonds is 11. The highest BCUT2D eigenvalue weighted by Crippen LogP contribution is 2.35. The van der Waals surface area contributed by atoms with Crippen LogP contribution in [0.3, 0.4) is 0 Å². The van der Waals surface area contributed by atoms with Gasteiger partial charge in [0.1, 0.15) is 6.10 Å². The van der Waals surface area contributed by atoms with Crippen LogP contribution in [-0.2, 0) is 35.0 Å². The van der Waals surface area contributed by atoms with Crippen molar-refractivity contribution in [3.05, 3.63) is 144 Å². The second-order valence-corrected chi connectivity index (χ2v) is 13.0. The van der Waals surface area contributed by atoms with Gasteiger partial charge in [-0.3, -0.25) is 5.41 Å². The molecule has 0 aromatic heterocycles. The molecule has 10 nitrogen and oxygen atoms in total. The second kappa shape index (κ2) is 16.8. The van der Waals surface area contributed by atoms with Crippen LogP contribution in [0.15, 0.2) is 121 Å². The molecule has 0 bridgehead atoms. The first-order valence-electron chi connectivity index (χ1n) is 15.0. The van der Waals surface area contributed by atoms with E-state index in [2.05, 4.69) is 0 Å². The van der Waals surface area contributed by atoms with E-state index < -0.39 is 58.3 Å². The molecule has 0 radical (unpaired) electrons. The summed E-state index contributed by atoms with van der Waals surface area (Å²) in [7, 11) is 0. The first-order valence-corrected chi connectivity index (χ1v) is 16.1. The fourth-order valence-electron chi connectivity index (χ4n) is 4.86. The third-order valence-electron chi connectivity index (χ3n) is 7.23. The van der Waals surface area contributed by atoms with E-state index in [1.165, 1.54) is 24.3 Å². The molecule has 1 aliphatic heterocycles. The Morgan fingerprint density at radius 3 is 1.45 bits per heavy atom. The summed E-state index contributed by atoms with van der Waals surface area (Å²) in [5.74, 6) is -3.37. The molecule has 1 saturated heterocycles. The summed E-state index contributed by atoms with van der Waals surface area (Å²) < 4.78 is 33.3. The lowest BCUT2D eigenvalue weighted by Gasteiger charge is -2.44. The van der Waals surface area contributed by atoms with Crippen molar-refractivity contribution in [1.82, 2.24) is 0 Å². The molecule has 5 rings (SSSR count). The van der Waals surface area contributed by atoms with E-state index in [0.717, 1.165) is 5.56 Å². The van der Waals surface area contributed by atoms with Crippen molar-refractivity contribution in [2.24, 2.45) is 0 Å².